The number of carbonyl (C=O) groups excluding carboxylic acids is 1. The van der Waals surface area contributed by atoms with E-state index in [9.17, 15) is 18.0 Å². The minimum Gasteiger partial charge on any atom is -0.406 e. The Morgan fingerprint density at radius 3 is 2.43 bits per heavy atom. The first kappa shape index (κ1) is 22.2. The van der Waals surface area contributed by atoms with Gasteiger partial charge in [0.1, 0.15) is 11.9 Å². The van der Waals surface area contributed by atoms with Crippen molar-refractivity contribution in [3.8, 4) is 5.75 Å². The van der Waals surface area contributed by atoms with Crippen LogP contribution >= 0.6 is 0 Å². The smallest absolute Gasteiger partial charge is 0.406 e. The Hall–Kier alpha value is -2.49. The molecule has 1 N–H and O–H groups in total. The van der Waals surface area contributed by atoms with Crippen molar-refractivity contribution in [2.45, 2.75) is 31.7 Å². The number of nitrogens with zero attached hydrogens (tertiary/aromatic N) is 3. The minimum atomic E-state index is -4.69. The fourth-order valence-electron chi connectivity index (χ4n) is 3.62. The Morgan fingerprint density at radius 1 is 1.20 bits per heavy atom. The Balaban J connectivity index is 1.41. The normalized spacial score (nSPS) is 20.4. The predicted molar refractivity (Wildman–Crippen MR) is 105 cm³/mol. The topological polar surface area (TPSA) is 66.4 Å². The molecule has 0 aromatic heterocycles. The van der Waals surface area contributed by atoms with Crippen LogP contribution in [-0.2, 0) is 16.0 Å². The molecule has 166 valence electrons. The fraction of sp³-hybridized carbons (Fsp3) is 0.600. The number of halogens is 3. The lowest BCUT2D eigenvalue weighted by Gasteiger charge is -2.37. The molecule has 1 aromatic carbocycles. The van der Waals surface area contributed by atoms with Gasteiger partial charge in [-0.2, -0.15) is 0 Å². The third-order valence-electron chi connectivity index (χ3n) is 5.16. The number of hydrogen-bond donors (Lipinski definition) is 1. The number of nitrogens with one attached hydrogen (secondary N) is 1. The van der Waals surface area contributed by atoms with E-state index in [2.05, 4.69) is 19.9 Å². The monoisotopic (exact) mass is 428 g/mol. The molecule has 1 unspecified atom stereocenters. The Labute approximate surface area is 173 Å². The lowest BCUT2D eigenvalue weighted by atomic mass is 10.1. The molecular weight excluding hydrogens is 401 g/mol. The molecule has 0 spiro atoms. The molecule has 2 fully saturated rings. The first-order valence-electron chi connectivity index (χ1n) is 10.1. The number of rotatable bonds is 5. The zero-order valence-corrected chi connectivity index (χ0v) is 17.0. The van der Waals surface area contributed by atoms with E-state index in [1.807, 2.05) is 4.90 Å². The summed E-state index contributed by atoms with van der Waals surface area (Å²) in [6.45, 7) is 3.86. The summed E-state index contributed by atoms with van der Waals surface area (Å²) in [5.41, 5.74) is 0.888. The molecule has 10 heteroatoms. The molecule has 1 atom stereocenters. The number of carbonyl (C=O) groups is 1. The SMILES string of the molecule is CN=C(NCCc1ccc(OC(F)(F)F)cc1)N1CCN(C(=O)C2CCCO2)CC1. The zero-order chi connectivity index (χ0) is 21.6. The summed E-state index contributed by atoms with van der Waals surface area (Å²) in [4.78, 5) is 20.7. The number of ether oxygens (including phenoxy) is 2. The van der Waals surface area contributed by atoms with Gasteiger partial charge < -0.3 is 24.6 Å². The molecule has 1 aromatic rings. The highest BCUT2D eigenvalue weighted by Gasteiger charge is 2.31. The van der Waals surface area contributed by atoms with Crippen LogP contribution in [0.3, 0.4) is 0 Å². The summed E-state index contributed by atoms with van der Waals surface area (Å²) in [5, 5.41) is 3.28. The van der Waals surface area contributed by atoms with Crippen molar-refractivity contribution in [1.29, 1.82) is 0 Å². The maximum absolute atomic E-state index is 12.4. The Kier molecular flexibility index (Phi) is 7.41. The standard InChI is InChI=1S/C20H27F3N4O3/c1-24-19(25-9-8-15-4-6-16(7-5-15)30-20(21,22)23)27-12-10-26(11-13-27)18(28)17-3-2-14-29-17/h4-7,17H,2-3,8-14H2,1H3,(H,24,25). The van der Waals surface area contributed by atoms with Gasteiger partial charge in [0.15, 0.2) is 5.96 Å². The highest BCUT2D eigenvalue weighted by molar-refractivity contribution is 5.82. The van der Waals surface area contributed by atoms with Gasteiger partial charge in [0.25, 0.3) is 5.91 Å². The van der Waals surface area contributed by atoms with Gasteiger partial charge in [0.2, 0.25) is 0 Å². The molecule has 0 radical (unpaired) electrons. The molecule has 3 rings (SSSR count). The molecule has 2 saturated heterocycles. The summed E-state index contributed by atoms with van der Waals surface area (Å²) in [5.74, 6) is 0.592. The van der Waals surface area contributed by atoms with E-state index in [0.29, 0.717) is 45.8 Å². The molecule has 2 aliphatic heterocycles. The minimum absolute atomic E-state index is 0.0769. The van der Waals surface area contributed by atoms with E-state index in [1.54, 1.807) is 19.2 Å². The molecule has 1 amide bonds. The van der Waals surface area contributed by atoms with Gasteiger partial charge in [-0.3, -0.25) is 9.79 Å². The molecule has 30 heavy (non-hydrogen) atoms. The second-order valence-electron chi connectivity index (χ2n) is 7.23. The van der Waals surface area contributed by atoms with Gasteiger partial charge in [-0.25, -0.2) is 0 Å². The third-order valence-corrected chi connectivity index (χ3v) is 5.16. The number of benzene rings is 1. The van der Waals surface area contributed by atoms with Crippen molar-refractivity contribution >= 4 is 11.9 Å². The average Bonchev–Trinajstić information content (AvgIpc) is 3.26. The molecule has 0 saturated carbocycles. The van der Waals surface area contributed by atoms with Gasteiger partial charge in [-0.05, 0) is 37.0 Å². The van der Waals surface area contributed by atoms with Gasteiger partial charge in [-0.1, -0.05) is 12.1 Å². The number of piperazine rings is 1. The Bertz CT molecular complexity index is 726. The highest BCUT2D eigenvalue weighted by Crippen LogP contribution is 2.22. The van der Waals surface area contributed by atoms with E-state index >= 15 is 0 Å². The Morgan fingerprint density at radius 2 is 1.87 bits per heavy atom. The van der Waals surface area contributed by atoms with E-state index in [1.165, 1.54) is 12.1 Å². The van der Waals surface area contributed by atoms with Crippen LogP contribution in [-0.4, -0.2) is 80.5 Å². The number of aliphatic imine (C=N–C) groups is 1. The number of alkyl halides is 3. The van der Waals surface area contributed by atoms with Crippen LogP contribution in [0.15, 0.2) is 29.3 Å². The first-order valence-corrected chi connectivity index (χ1v) is 10.1. The molecule has 2 aliphatic rings. The lowest BCUT2D eigenvalue weighted by Crippen LogP contribution is -2.55. The molecule has 0 bridgehead atoms. The second-order valence-corrected chi connectivity index (χ2v) is 7.23. The number of amides is 1. The van der Waals surface area contributed by atoms with Crippen molar-refractivity contribution in [2.75, 3.05) is 46.4 Å². The second kappa shape index (κ2) is 10.0. The van der Waals surface area contributed by atoms with Gasteiger partial charge in [-0.15, -0.1) is 13.2 Å². The zero-order valence-electron chi connectivity index (χ0n) is 17.0. The molecular formula is C20H27F3N4O3. The van der Waals surface area contributed by atoms with E-state index in [0.717, 1.165) is 24.4 Å². The van der Waals surface area contributed by atoms with Crippen LogP contribution in [0.2, 0.25) is 0 Å². The van der Waals surface area contributed by atoms with Crippen LogP contribution in [0.25, 0.3) is 0 Å². The van der Waals surface area contributed by atoms with Crippen LogP contribution in [0.1, 0.15) is 18.4 Å². The highest BCUT2D eigenvalue weighted by atomic mass is 19.4. The summed E-state index contributed by atoms with van der Waals surface area (Å²) in [6.07, 6.45) is -2.62. The predicted octanol–water partition coefficient (Wildman–Crippen LogP) is 2.03. The van der Waals surface area contributed by atoms with Crippen LogP contribution < -0.4 is 10.1 Å². The lowest BCUT2D eigenvalue weighted by molar-refractivity contribution is -0.274. The van der Waals surface area contributed by atoms with Crippen molar-refractivity contribution < 1.29 is 27.4 Å². The van der Waals surface area contributed by atoms with E-state index in [-0.39, 0.29) is 17.8 Å². The third kappa shape index (κ3) is 6.25. The summed E-state index contributed by atoms with van der Waals surface area (Å²) >= 11 is 0. The summed E-state index contributed by atoms with van der Waals surface area (Å²) in [7, 11) is 1.70. The maximum Gasteiger partial charge on any atom is 0.573 e. The first-order chi connectivity index (χ1) is 14.4. The van der Waals surface area contributed by atoms with Crippen LogP contribution in [0, 0.1) is 0 Å². The summed E-state index contributed by atoms with van der Waals surface area (Å²) in [6, 6.07) is 5.84. The van der Waals surface area contributed by atoms with Crippen molar-refractivity contribution in [3.05, 3.63) is 29.8 Å². The van der Waals surface area contributed by atoms with Gasteiger partial charge in [0, 0.05) is 46.4 Å². The van der Waals surface area contributed by atoms with E-state index in [4.69, 9.17) is 4.74 Å². The summed E-state index contributed by atoms with van der Waals surface area (Å²) < 4.78 is 46.0. The quantitative estimate of drug-likeness (QED) is 0.574. The van der Waals surface area contributed by atoms with Crippen molar-refractivity contribution in [2.24, 2.45) is 4.99 Å². The molecule has 2 heterocycles. The van der Waals surface area contributed by atoms with Crippen molar-refractivity contribution in [3.63, 3.8) is 0 Å². The van der Waals surface area contributed by atoms with Gasteiger partial charge >= 0.3 is 6.36 Å². The molecule has 0 aliphatic carbocycles. The van der Waals surface area contributed by atoms with Crippen LogP contribution in [0.5, 0.6) is 5.75 Å². The van der Waals surface area contributed by atoms with Crippen molar-refractivity contribution in [1.82, 2.24) is 15.1 Å². The van der Waals surface area contributed by atoms with Gasteiger partial charge in [0.05, 0.1) is 0 Å². The largest absolute Gasteiger partial charge is 0.573 e. The maximum atomic E-state index is 12.4. The van der Waals surface area contributed by atoms with Crippen LogP contribution in [0.4, 0.5) is 13.2 Å². The molecule has 7 nitrogen and oxygen atoms in total. The number of hydrogen-bond acceptors (Lipinski definition) is 4. The van der Waals surface area contributed by atoms with E-state index < -0.39 is 6.36 Å². The number of guanidine groups is 1. The fourth-order valence-corrected chi connectivity index (χ4v) is 3.62. The average molecular weight is 428 g/mol.